The van der Waals surface area contributed by atoms with Crippen LogP contribution in [-0.2, 0) is 19.9 Å². The van der Waals surface area contributed by atoms with Crippen molar-refractivity contribution in [3.8, 4) is 11.5 Å². The Kier molecular flexibility index (Phi) is 2.67. The molecule has 0 saturated heterocycles. The van der Waals surface area contributed by atoms with E-state index in [1.165, 1.54) is 11.4 Å². The zero-order valence-electron chi connectivity index (χ0n) is 12.7. The van der Waals surface area contributed by atoms with E-state index in [0.29, 0.717) is 11.8 Å². The van der Waals surface area contributed by atoms with Crippen molar-refractivity contribution in [3.05, 3.63) is 35.7 Å². The first-order valence-corrected chi connectivity index (χ1v) is 7.63. The van der Waals surface area contributed by atoms with Gasteiger partial charge < -0.3 is 4.98 Å². The number of aryl methyl sites for hydroxylation is 1. The van der Waals surface area contributed by atoms with Gasteiger partial charge in [0.2, 0.25) is 0 Å². The number of aromatic nitrogens is 4. The van der Waals surface area contributed by atoms with Crippen LogP contribution in [0.4, 0.5) is 0 Å². The highest BCUT2D eigenvalue weighted by Crippen LogP contribution is 2.32. The van der Waals surface area contributed by atoms with Crippen molar-refractivity contribution in [1.29, 1.82) is 0 Å². The number of imidazole rings is 1. The van der Waals surface area contributed by atoms with E-state index in [0.717, 1.165) is 35.3 Å². The van der Waals surface area contributed by atoms with Crippen molar-refractivity contribution >= 4 is 10.9 Å². The third-order valence-corrected chi connectivity index (χ3v) is 4.86. The van der Waals surface area contributed by atoms with E-state index in [1.54, 1.807) is 0 Å². The normalized spacial score (nSPS) is 21.7. The molecule has 108 valence electrons. The van der Waals surface area contributed by atoms with E-state index >= 15 is 0 Å². The molecule has 4 nitrogen and oxygen atoms in total. The van der Waals surface area contributed by atoms with Gasteiger partial charge in [0.25, 0.3) is 0 Å². The molecule has 3 aromatic rings. The van der Waals surface area contributed by atoms with Gasteiger partial charge in [0.1, 0.15) is 5.69 Å². The molecule has 0 bridgehead atoms. The Balaban J connectivity index is 1.85. The van der Waals surface area contributed by atoms with Crippen molar-refractivity contribution in [1.82, 2.24) is 19.7 Å². The number of para-hydroxylation sites is 1. The number of benzene rings is 1. The second kappa shape index (κ2) is 4.45. The number of aromatic amines is 1. The molecule has 4 heteroatoms. The minimum atomic E-state index is 0.703. The number of fused-ring (bicyclic) bond motifs is 2. The molecule has 2 aromatic heterocycles. The summed E-state index contributed by atoms with van der Waals surface area (Å²) >= 11 is 0. The summed E-state index contributed by atoms with van der Waals surface area (Å²) < 4.78 is 1.93. The van der Waals surface area contributed by atoms with Crippen molar-refractivity contribution < 1.29 is 0 Å². The lowest BCUT2D eigenvalue weighted by molar-refractivity contribution is 0.355. The fourth-order valence-electron chi connectivity index (χ4n) is 3.31. The molecular weight excluding hydrogens is 260 g/mol. The molecule has 0 radical (unpaired) electrons. The van der Waals surface area contributed by atoms with Crippen LogP contribution < -0.4 is 0 Å². The van der Waals surface area contributed by atoms with Gasteiger partial charge in [-0.1, -0.05) is 32.0 Å². The fourth-order valence-corrected chi connectivity index (χ4v) is 3.31. The number of nitrogens with one attached hydrogen (secondary N) is 1. The number of hydrogen-bond acceptors (Lipinski definition) is 2. The Morgan fingerprint density at radius 2 is 1.90 bits per heavy atom. The summed E-state index contributed by atoms with van der Waals surface area (Å²) in [4.78, 5) is 8.36. The van der Waals surface area contributed by atoms with Gasteiger partial charge >= 0.3 is 0 Å². The molecule has 0 fully saturated rings. The molecule has 0 aliphatic heterocycles. The van der Waals surface area contributed by atoms with Crippen LogP contribution in [0.2, 0.25) is 0 Å². The average molecular weight is 280 g/mol. The Hall–Kier alpha value is -2.10. The quantitative estimate of drug-likeness (QED) is 0.743. The summed E-state index contributed by atoms with van der Waals surface area (Å²) in [7, 11) is 1.98. The van der Waals surface area contributed by atoms with Gasteiger partial charge in [-0.3, -0.25) is 4.68 Å². The van der Waals surface area contributed by atoms with Crippen LogP contribution >= 0.6 is 0 Å². The molecule has 2 heterocycles. The predicted octanol–water partition coefficient (Wildman–Crippen LogP) is 3.33. The highest BCUT2D eigenvalue weighted by molar-refractivity contribution is 5.91. The summed E-state index contributed by atoms with van der Waals surface area (Å²) in [5.74, 6) is 2.33. The monoisotopic (exact) mass is 280 g/mol. The number of hydrogen-bond donors (Lipinski definition) is 1. The lowest BCUT2D eigenvalue weighted by atomic mass is 9.82. The average Bonchev–Trinajstić information content (AvgIpc) is 3.01. The predicted molar refractivity (Wildman–Crippen MR) is 84.0 cm³/mol. The van der Waals surface area contributed by atoms with Crippen LogP contribution in [0.1, 0.15) is 25.2 Å². The highest BCUT2D eigenvalue weighted by atomic mass is 15.3. The van der Waals surface area contributed by atoms with Gasteiger partial charge in [-0.05, 0) is 30.7 Å². The standard InChI is InChI=1S/C17H20N4/c1-10-8-13-14(9-11(10)2)19-17(18-13)16-12-6-4-5-7-15(12)21(3)20-16/h4-7,10-11H,8-9H2,1-3H3,(H,18,19). The first kappa shape index (κ1) is 12.6. The largest absolute Gasteiger partial charge is 0.340 e. The molecule has 0 spiro atoms. The molecular formula is C17H20N4. The first-order valence-electron chi connectivity index (χ1n) is 7.63. The Labute approximate surface area is 124 Å². The summed E-state index contributed by atoms with van der Waals surface area (Å²) in [5, 5.41) is 5.82. The van der Waals surface area contributed by atoms with Crippen molar-refractivity contribution in [2.75, 3.05) is 0 Å². The number of rotatable bonds is 1. The minimum absolute atomic E-state index is 0.703. The van der Waals surface area contributed by atoms with Gasteiger partial charge in [0, 0.05) is 18.1 Å². The zero-order valence-corrected chi connectivity index (χ0v) is 12.7. The smallest absolute Gasteiger partial charge is 0.159 e. The van der Waals surface area contributed by atoms with Crippen LogP contribution in [0.5, 0.6) is 0 Å². The number of H-pyrrole nitrogens is 1. The Bertz CT molecular complexity index is 784. The molecule has 4 rings (SSSR count). The molecule has 1 aliphatic carbocycles. The van der Waals surface area contributed by atoms with Gasteiger partial charge in [-0.15, -0.1) is 0 Å². The van der Waals surface area contributed by atoms with E-state index in [1.807, 2.05) is 17.8 Å². The van der Waals surface area contributed by atoms with Crippen LogP contribution in [-0.4, -0.2) is 19.7 Å². The van der Waals surface area contributed by atoms with E-state index < -0.39 is 0 Å². The maximum atomic E-state index is 4.84. The summed E-state index contributed by atoms with van der Waals surface area (Å²) in [6, 6.07) is 8.31. The van der Waals surface area contributed by atoms with Crippen LogP contribution in [0.3, 0.4) is 0 Å². The maximum Gasteiger partial charge on any atom is 0.159 e. The molecule has 21 heavy (non-hydrogen) atoms. The van der Waals surface area contributed by atoms with Crippen molar-refractivity contribution in [2.24, 2.45) is 18.9 Å². The summed E-state index contributed by atoms with van der Waals surface area (Å²) in [6.07, 6.45) is 2.16. The molecule has 0 amide bonds. The summed E-state index contributed by atoms with van der Waals surface area (Å²) in [6.45, 7) is 4.64. The van der Waals surface area contributed by atoms with E-state index in [4.69, 9.17) is 4.98 Å². The molecule has 2 unspecified atom stereocenters. The molecule has 2 atom stereocenters. The first-order chi connectivity index (χ1) is 10.1. The molecule has 0 saturated carbocycles. The van der Waals surface area contributed by atoms with Gasteiger partial charge in [0.05, 0.1) is 11.2 Å². The molecule has 1 N–H and O–H groups in total. The van der Waals surface area contributed by atoms with E-state index in [-0.39, 0.29) is 0 Å². The van der Waals surface area contributed by atoms with Crippen LogP contribution in [0, 0.1) is 11.8 Å². The van der Waals surface area contributed by atoms with Crippen molar-refractivity contribution in [3.63, 3.8) is 0 Å². The Morgan fingerprint density at radius 3 is 2.76 bits per heavy atom. The second-order valence-corrected chi connectivity index (χ2v) is 6.36. The fraction of sp³-hybridized carbons (Fsp3) is 0.412. The zero-order chi connectivity index (χ0) is 14.6. The van der Waals surface area contributed by atoms with Gasteiger partial charge in [-0.25, -0.2) is 4.98 Å². The third-order valence-electron chi connectivity index (χ3n) is 4.86. The molecule has 1 aliphatic rings. The second-order valence-electron chi connectivity index (χ2n) is 6.36. The van der Waals surface area contributed by atoms with E-state index in [2.05, 4.69) is 42.1 Å². The van der Waals surface area contributed by atoms with Gasteiger partial charge in [0.15, 0.2) is 5.82 Å². The van der Waals surface area contributed by atoms with Crippen LogP contribution in [0.25, 0.3) is 22.4 Å². The van der Waals surface area contributed by atoms with Crippen LogP contribution in [0.15, 0.2) is 24.3 Å². The van der Waals surface area contributed by atoms with E-state index in [9.17, 15) is 0 Å². The highest BCUT2D eigenvalue weighted by Gasteiger charge is 2.26. The van der Waals surface area contributed by atoms with Gasteiger partial charge in [-0.2, -0.15) is 5.10 Å². The molecule has 1 aromatic carbocycles. The third kappa shape index (κ3) is 1.89. The van der Waals surface area contributed by atoms with Crippen molar-refractivity contribution in [2.45, 2.75) is 26.7 Å². The lowest BCUT2D eigenvalue weighted by Crippen LogP contribution is -2.20. The minimum Gasteiger partial charge on any atom is -0.340 e. The number of nitrogens with zero attached hydrogens (tertiary/aromatic N) is 3. The SMILES string of the molecule is CC1Cc2nc(-c3nn(C)c4ccccc34)[nH]c2CC1C. The summed E-state index contributed by atoms with van der Waals surface area (Å²) in [5.41, 5.74) is 4.63. The lowest BCUT2D eigenvalue weighted by Gasteiger charge is -2.24. The topological polar surface area (TPSA) is 46.5 Å². The maximum absolute atomic E-state index is 4.84. The Morgan fingerprint density at radius 1 is 1.14 bits per heavy atom.